The summed E-state index contributed by atoms with van der Waals surface area (Å²) in [5, 5.41) is 0. The number of nitrogens with zero attached hydrogens (tertiary/aromatic N) is 2. The van der Waals surface area contributed by atoms with Gasteiger partial charge in [-0.05, 0) is 31.5 Å². The predicted octanol–water partition coefficient (Wildman–Crippen LogP) is 3.09. The topological polar surface area (TPSA) is 43.8 Å². The number of rotatable bonds is 2. The van der Waals surface area contributed by atoms with Crippen molar-refractivity contribution in [3.05, 3.63) is 29.6 Å². The third kappa shape index (κ3) is 2.08. The lowest BCUT2D eigenvalue weighted by atomic mass is 10.2. The number of alkyl halides is 3. The van der Waals surface area contributed by atoms with E-state index in [1.165, 1.54) is 4.57 Å². The summed E-state index contributed by atoms with van der Waals surface area (Å²) < 4.78 is 40.0. The van der Waals surface area contributed by atoms with Crippen molar-refractivity contribution in [1.29, 1.82) is 0 Å². The lowest BCUT2D eigenvalue weighted by Gasteiger charge is -2.14. The Morgan fingerprint density at radius 2 is 2.00 bits per heavy atom. The Labute approximate surface area is 102 Å². The minimum absolute atomic E-state index is 0.284. The molecule has 0 fully saturated rings. The van der Waals surface area contributed by atoms with E-state index in [1.54, 1.807) is 32.0 Å². The molecule has 2 rings (SSSR count). The van der Waals surface area contributed by atoms with Gasteiger partial charge in [0.2, 0.25) is 5.82 Å². The van der Waals surface area contributed by atoms with Crippen LogP contribution >= 0.6 is 0 Å². The molecule has 0 radical (unpaired) electrons. The molecule has 1 aromatic heterocycles. The van der Waals surface area contributed by atoms with Crippen molar-refractivity contribution in [2.75, 3.05) is 0 Å². The monoisotopic (exact) mass is 257 g/mol. The van der Waals surface area contributed by atoms with E-state index in [9.17, 15) is 13.2 Å². The zero-order valence-corrected chi connectivity index (χ0v) is 10.1. The number of nitrogens with two attached hydrogens (primary N) is 1. The van der Waals surface area contributed by atoms with Gasteiger partial charge in [-0.15, -0.1) is 0 Å². The largest absolute Gasteiger partial charge is 0.449 e. The highest BCUT2D eigenvalue weighted by Crippen LogP contribution is 2.33. The first-order chi connectivity index (χ1) is 8.34. The van der Waals surface area contributed by atoms with Gasteiger partial charge in [-0.3, -0.25) is 0 Å². The van der Waals surface area contributed by atoms with Gasteiger partial charge in [0.15, 0.2) is 0 Å². The number of benzene rings is 1. The minimum atomic E-state index is -4.45. The number of aromatic nitrogens is 2. The molecule has 0 saturated carbocycles. The summed E-state index contributed by atoms with van der Waals surface area (Å²) in [5.41, 5.74) is 7.06. The SMILES string of the molecule is CC(C)n1c(C(F)(F)F)nc2cc(CN)ccc21. The van der Waals surface area contributed by atoms with Crippen LogP contribution in [0, 0.1) is 0 Å². The van der Waals surface area contributed by atoms with Gasteiger partial charge in [0.1, 0.15) is 0 Å². The van der Waals surface area contributed by atoms with Crippen LogP contribution in [0.25, 0.3) is 11.0 Å². The van der Waals surface area contributed by atoms with E-state index < -0.39 is 12.0 Å². The summed E-state index contributed by atoms with van der Waals surface area (Å²) in [4.78, 5) is 3.70. The molecular formula is C12H14F3N3. The van der Waals surface area contributed by atoms with Gasteiger partial charge in [-0.2, -0.15) is 13.2 Å². The van der Waals surface area contributed by atoms with Gasteiger partial charge in [0, 0.05) is 12.6 Å². The highest BCUT2D eigenvalue weighted by molar-refractivity contribution is 5.77. The Kier molecular flexibility index (Phi) is 3.06. The first-order valence-corrected chi connectivity index (χ1v) is 5.62. The van der Waals surface area contributed by atoms with Crippen molar-refractivity contribution in [1.82, 2.24) is 9.55 Å². The van der Waals surface area contributed by atoms with E-state index in [-0.39, 0.29) is 12.6 Å². The molecule has 6 heteroatoms. The predicted molar refractivity (Wildman–Crippen MR) is 63.0 cm³/mol. The Hall–Kier alpha value is -1.56. The first kappa shape index (κ1) is 12.9. The molecule has 0 atom stereocenters. The Bertz CT molecular complexity index is 570. The van der Waals surface area contributed by atoms with Crippen LogP contribution in [0.3, 0.4) is 0 Å². The molecule has 0 saturated heterocycles. The fourth-order valence-electron chi connectivity index (χ4n) is 1.99. The standard InChI is InChI=1S/C12H14F3N3/c1-7(2)18-10-4-3-8(6-16)5-9(10)17-11(18)12(13,14)15/h3-5,7H,6,16H2,1-2H3. The second kappa shape index (κ2) is 4.28. The number of halogens is 3. The molecule has 0 aliphatic carbocycles. The summed E-state index contributed by atoms with van der Waals surface area (Å²) in [6.45, 7) is 3.69. The Morgan fingerprint density at radius 3 is 2.50 bits per heavy atom. The van der Waals surface area contributed by atoms with Crippen LogP contribution in [-0.4, -0.2) is 9.55 Å². The molecule has 0 amide bonds. The van der Waals surface area contributed by atoms with Crippen molar-refractivity contribution in [2.45, 2.75) is 32.6 Å². The molecule has 0 unspecified atom stereocenters. The summed E-state index contributed by atoms with van der Waals surface area (Å²) in [5.74, 6) is -0.860. The van der Waals surface area contributed by atoms with Crippen molar-refractivity contribution >= 4 is 11.0 Å². The third-order valence-electron chi connectivity index (χ3n) is 2.76. The van der Waals surface area contributed by atoms with E-state index in [0.717, 1.165) is 5.56 Å². The molecular weight excluding hydrogens is 243 g/mol. The van der Waals surface area contributed by atoms with Gasteiger partial charge in [0.05, 0.1) is 11.0 Å². The van der Waals surface area contributed by atoms with Crippen LogP contribution in [-0.2, 0) is 12.7 Å². The summed E-state index contributed by atoms with van der Waals surface area (Å²) in [7, 11) is 0. The average molecular weight is 257 g/mol. The second-order valence-electron chi connectivity index (χ2n) is 4.42. The molecule has 0 bridgehead atoms. The van der Waals surface area contributed by atoms with Crippen LogP contribution in [0.4, 0.5) is 13.2 Å². The molecule has 2 N–H and O–H groups in total. The van der Waals surface area contributed by atoms with Gasteiger partial charge in [0.25, 0.3) is 0 Å². The van der Waals surface area contributed by atoms with Crippen molar-refractivity contribution in [3.8, 4) is 0 Å². The van der Waals surface area contributed by atoms with Gasteiger partial charge in [-0.1, -0.05) is 6.07 Å². The number of fused-ring (bicyclic) bond motifs is 1. The van der Waals surface area contributed by atoms with Crippen LogP contribution in [0.2, 0.25) is 0 Å². The van der Waals surface area contributed by atoms with Crippen LogP contribution in [0.5, 0.6) is 0 Å². The normalized spacial score (nSPS) is 12.6. The molecule has 98 valence electrons. The Morgan fingerprint density at radius 1 is 1.33 bits per heavy atom. The van der Waals surface area contributed by atoms with Gasteiger partial charge < -0.3 is 10.3 Å². The van der Waals surface area contributed by atoms with E-state index in [0.29, 0.717) is 11.0 Å². The first-order valence-electron chi connectivity index (χ1n) is 5.62. The molecule has 1 heterocycles. The number of hydrogen-bond donors (Lipinski definition) is 1. The van der Waals surface area contributed by atoms with Gasteiger partial charge in [-0.25, -0.2) is 4.98 Å². The minimum Gasteiger partial charge on any atom is -0.326 e. The maximum Gasteiger partial charge on any atom is 0.449 e. The highest BCUT2D eigenvalue weighted by Gasteiger charge is 2.38. The van der Waals surface area contributed by atoms with Crippen molar-refractivity contribution in [2.24, 2.45) is 5.73 Å². The lowest BCUT2D eigenvalue weighted by Crippen LogP contribution is -2.16. The molecule has 0 aliphatic heterocycles. The maximum atomic E-state index is 12.9. The van der Waals surface area contributed by atoms with E-state index in [4.69, 9.17) is 5.73 Å². The Balaban J connectivity index is 2.75. The fourth-order valence-corrected chi connectivity index (χ4v) is 1.99. The molecule has 2 aromatic rings. The summed E-state index contributed by atoms with van der Waals surface area (Å²) in [6, 6.07) is 4.65. The second-order valence-corrected chi connectivity index (χ2v) is 4.42. The maximum absolute atomic E-state index is 12.9. The van der Waals surface area contributed by atoms with Gasteiger partial charge >= 0.3 is 6.18 Å². The molecule has 18 heavy (non-hydrogen) atoms. The summed E-state index contributed by atoms with van der Waals surface area (Å²) >= 11 is 0. The third-order valence-corrected chi connectivity index (χ3v) is 2.76. The zero-order chi connectivity index (χ0) is 13.5. The van der Waals surface area contributed by atoms with Crippen molar-refractivity contribution < 1.29 is 13.2 Å². The average Bonchev–Trinajstić information content (AvgIpc) is 2.66. The quantitative estimate of drug-likeness (QED) is 0.898. The fraction of sp³-hybridized carbons (Fsp3) is 0.417. The zero-order valence-electron chi connectivity index (χ0n) is 10.1. The molecule has 1 aromatic carbocycles. The van der Waals surface area contributed by atoms with E-state index in [2.05, 4.69) is 4.98 Å². The molecule has 0 spiro atoms. The smallest absolute Gasteiger partial charge is 0.326 e. The molecule has 0 aliphatic rings. The van der Waals surface area contributed by atoms with Crippen LogP contribution in [0.15, 0.2) is 18.2 Å². The summed E-state index contributed by atoms with van der Waals surface area (Å²) in [6.07, 6.45) is -4.45. The van der Waals surface area contributed by atoms with Crippen molar-refractivity contribution in [3.63, 3.8) is 0 Å². The van der Waals surface area contributed by atoms with E-state index in [1.807, 2.05) is 0 Å². The lowest BCUT2D eigenvalue weighted by molar-refractivity contribution is -0.147. The number of imidazole rings is 1. The van der Waals surface area contributed by atoms with Crippen LogP contribution < -0.4 is 5.73 Å². The van der Waals surface area contributed by atoms with E-state index >= 15 is 0 Å². The highest BCUT2D eigenvalue weighted by atomic mass is 19.4. The van der Waals surface area contributed by atoms with Crippen LogP contribution in [0.1, 0.15) is 31.3 Å². The number of hydrogen-bond acceptors (Lipinski definition) is 2. The molecule has 3 nitrogen and oxygen atoms in total.